The fourth-order valence-electron chi connectivity index (χ4n) is 3.27. The summed E-state index contributed by atoms with van der Waals surface area (Å²) in [5, 5.41) is 0. The Morgan fingerprint density at radius 1 is 1.05 bits per heavy atom. The van der Waals surface area contributed by atoms with Crippen LogP contribution in [0, 0.1) is 17.8 Å². The van der Waals surface area contributed by atoms with Gasteiger partial charge in [0, 0.05) is 18.7 Å². The lowest BCUT2D eigenvalue weighted by Crippen LogP contribution is -2.40. The van der Waals surface area contributed by atoms with E-state index in [1.165, 1.54) is 32.1 Å². The second kappa shape index (κ2) is 9.28. The van der Waals surface area contributed by atoms with Gasteiger partial charge < -0.3 is 0 Å². The first-order valence-corrected chi connectivity index (χ1v) is 8.37. The van der Waals surface area contributed by atoms with E-state index in [1.807, 2.05) is 30.4 Å². The molecule has 0 spiro atoms. The Hall–Kier alpha value is -1.78. The molecule has 1 heteroatoms. The summed E-state index contributed by atoms with van der Waals surface area (Å²) < 4.78 is 0. The number of nitrogens with zero attached hydrogens (tertiary/aromatic N) is 1. The molecule has 0 aromatic heterocycles. The second-order valence-corrected chi connectivity index (χ2v) is 6.01. The molecule has 1 nitrogen and oxygen atoms in total. The SMILES string of the molecule is C=CCN(CC=C)C(C#Cc1ccccc1)C1CCCCC1. The standard InChI is InChI=1S/C21H27N/c1-3-17-22(18-4-2)21(20-13-9-6-10-14-20)16-15-19-11-7-5-8-12-19/h3-5,7-8,11-12,20-21H,1-2,6,9-10,13-14,17-18H2. The summed E-state index contributed by atoms with van der Waals surface area (Å²) in [7, 11) is 0. The van der Waals surface area contributed by atoms with E-state index in [4.69, 9.17) is 0 Å². The molecule has 1 aliphatic rings. The molecular formula is C21H27N. The molecule has 0 radical (unpaired) electrons. The quantitative estimate of drug-likeness (QED) is 0.544. The minimum absolute atomic E-state index is 0.302. The van der Waals surface area contributed by atoms with E-state index in [9.17, 15) is 0 Å². The van der Waals surface area contributed by atoms with E-state index in [2.05, 4.69) is 42.0 Å². The van der Waals surface area contributed by atoms with Gasteiger partial charge in [-0.05, 0) is 30.9 Å². The van der Waals surface area contributed by atoms with Gasteiger partial charge in [-0.3, -0.25) is 4.90 Å². The van der Waals surface area contributed by atoms with Gasteiger partial charge in [0.2, 0.25) is 0 Å². The van der Waals surface area contributed by atoms with E-state index < -0.39 is 0 Å². The van der Waals surface area contributed by atoms with Gasteiger partial charge in [0.1, 0.15) is 0 Å². The second-order valence-electron chi connectivity index (χ2n) is 6.01. The summed E-state index contributed by atoms with van der Waals surface area (Å²) in [5.74, 6) is 7.61. The van der Waals surface area contributed by atoms with Crippen LogP contribution in [0.3, 0.4) is 0 Å². The van der Waals surface area contributed by atoms with Crippen molar-refractivity contribution in [2.75, 3.05) is 13.1 Å². The Morgan fingerprint density at radius 3 is 2.27 bits per heavy atom. The van der Waals surface area contributed by atoms with Gasteiger partial charge in [-0.1, -0.05) is 61.5 Å². The fraction of sp³-hybridized carbons (Fsp3) is 0.429. The van der Waals surface area contributed by atoms with Crippen LogP contribution in [0.1, 0.15) is 37.7 Å². The molecule has 0 bridgehead atoms. The molecule has 0 amide bonds. The van der Waals surface area contributed by atoms with Crippen LogP contribution in [-0.4, -0.2) is 24.0 Å². The van der Waals surface area contributed by atoms with Crippen LogP contribution in [-0.2, 0) is 0 Å². The van der Waals surface area contributed by atoms with Crippen LogP contribution in [0.5, 0.6) is 0 Å². The van der Waals surface area contributed by atoms with Gasteiger partial charge in [0.25, 0.3) is 0 Å². The molecule has 116 valence electrons. The normalized spacial score (nSPS) is 16.6. The van der Waals surface area contributed by atoms with Gasteiger partial charge in [0.05, 0.1) is 6.04 Å². The smallest absolute Gasteiger partial charge is 0.0752 e. The summed E-state index contributed by atoms with van der Waals surface area (Å²) in [6, 6.07) is 10.6. The van der Waals surface area contributed by atoms with Crippen LogP contribution in [0.15, 0.2) is 55.6 Å². The van der Waals surface area contributed by atoms with E-state index in [1.54, 1.807) is 0 Å². The van der Waals surface area contributed by atoms with Crippen molar-refractivity contribution < 1.29 is 0 Å². The Labute approximate surface area is 135 Å². The predicted octanol–water partition coefficient (Wildman–Crippen LogP) is 4.66. The van der Waals surface area contributed by atoms with Crippen molar-refractivity contribution in [3.63, 3.8) is 0 Å². The van der Waals surface area contributed by atoms with Gasteiger partial charge in [-0.2, -0.15) is 0 Å². The van der Waals surface area contributed by atoms with Crippen molar-refractivity contribution in [1.29, 1.82) is 0 Å². The number of hydrogen-bond donors (Lipinski definition) is 0. The van der Waals surface area contributed by atoms with Crippen molar-refractivity contribution in [2.24, 2.45) is 5.92 Å². The zero-order valence-corrected chi connectivity index (χ0v) is 13.5. The monoisotopic (exact) mass is 293 g/mol. The molecule has 1 unspecified atom stereocenters. The third-order valence-corrected chi connectivity index (χ3v) is 4.36. The lowest BCUT2D eigenvalue weighted by atomic mass is 9.83. The maximum Gasteiger partial charge on any atom is 0.0752 e. The number of rotatable bonds is 6. The third kappa shape index (κ3) is 4.90. The minimum Gasteiger partial charge on any atom is -0.282 e. The minimum atomic E-state index is 0.302. The Morgan fingerprint density at radius 2 is 1.68 bits per heavy atom. The maximum atomic E-state index is 3.90. The first-order valence-electron chi connectivity index (χ1n) is 8.37. The van der Waals surface area contributed by atoms with Crippen LogP contribution in [0.2, 0.25) is 0 Å². The fourth-order valence-corrected chi connectivity index (χ4v) is 3.27. The molecule has 0 N–H and O–H groups in total. The number of benzene rings is 1. The van der Waals surface area contributed by atoms with E-state index in [-0.39, 0.29) is 0 Å². The number of hydrogen-bond acceptors (Lipinski definition) is 1. The van der Waals surface area contributed by atoms with E-state index in [0.717, 1.165) is 18.7 Å². The summed E-state index contributed by atoms with van der Waals surface area (Å²) in [4.78, 5) is 2.41. The largest absolute Gasteiger partial charge is 0.282 e. The van der Waals surface area contributed by atoms with Gasteiger partial charge >= 0.3 is 0 Å². The van der Waals surface area contributed by atoms with Crippen molar-refractivity contribution in [1.82, 2.24) is 4.90 Å². The topological polar surface area (TPSA) is 3.24 Å². The lowest BCUT2D eigenvalue weighted by molar-refractivity contribution is 0.184. The molecule has 1 aromatic carbocycles. The highest BCUT2D eigenvalue weighted by Crippen LogP contribution is 2.29. The van der Waals surface area contributed by atoms with Crippen LogP contribution < -0.4 is 0 Å². The molecule has 1 atom stereocenters. The van der Waals surface area contributed by atoms with Crippen LogP contribution in [0.25, 0.3) is 0 Å². The van der Waals surface area contributed by atoms with Gasteiger partial charge in [-0.25, -0.2) is 0 Å². The summed E-state index contributed by atoms with van der Waals surface area (Å²) in [6.07, 6.45) is 10.6. The lowest BCUT2D eigenvalue weighted by Gasteiger charge is -2.34. The molecule has 1 aliphatic carbocycles. The Bertz CT molecular complexity index is 504. The highest BCUT2D eigenvalue weighted by Gasteiger charge is 2.26. The predicted molar refractivity (Wildman–Crippen MR) is 95.7 cm³/mol. The maximum absolute atomic E-state index is 3.90. The molecule has 22 heavy (non-hydrogen) atoms. The van der Waals surface area contributed by atoms with E-state index in [0.29, 0.717) is 12.0 Å². The molecule has 0 aliphatic heterocycles. The molecular weight excluding hydrogens is 266 g/mol. The molecule has 1 saturated carbocycles. The zero-order valence-electron chi connectivity index (χ0n) is 13.5. The Kier molecular flexibility index (Phi) is 7.00. The van der Waals surface area contributed by atoms with Crippen molar-refractivity contribution in [3.8, 4) is 11.8 Å². The molecule has 0 saturated heterocycles. The van der Waals surface area contributed by atoms with Gasteiger partial charge in [0.15, 0.2) is 0 Å². The van der Waals surface area contributed by atoms with Crippen LogP contribution >= 0.6 is 0 Å². The van der Waals surface area contributed by atoms with Crippen LogP contribution in [0.4, 0.5) is 0 Å². The molecule has 1 aromatic rings. The molecule has 0 heterocycles. The Balaban J connectivity index is 2.21. The highest BCUT2D eigenvalue weighted by atomic mass is 15.1. The van der Waals surface area contributed by atoms with Crippen molar-refractivity contribution >= 4 is 0 Å². The highest BCUT2D eigenvalue weighted by molar-refractivity contribution is 5.35. The summed E-state index contributed by atoms with van der Waals surface area (Å²) >= 11 is 0. The average molecular weight is 293 g/mol. The average Bonchev–Trinajstić information content (AvgIpc) is 2.57. The van der Waals surface area contributed by atoms with E-state index >= 15 is 0 Å². The first kappa shape index (κ1) is 16.6. The molecule has 1 fully saturated rings. The molecule has 2 rings (SSSR count). The first-order chi connectivity index (χ1) is 10.8. The zero-order chi connectivity index (χ0) is 15.6. The van der Waals surface area contributed by atoms with Gasteiger partial charge in [-0.15, -0.1) is 13.2 Å². The summed E-state index contributed by atoms with van der Waals surface area (Å²) in [6.45, 7) is 9.55. The summed E-state index contributed by atoms with van der Waals surface area (Å²) in [5.41, 5.74) is 1.10. The third-order valence-electron chi connectivity index (χ3n) is 4.36. The van der Waals surface area contributed by atoms with Crippen molar-refractivity contribution in [3.05, 3.63) is 61.2 Å². The van der Waals surface area contributed by atoms with Crippen molar-refractivity contribution in [2.45, 2.75) is 38.1 Å².